The summed E-state index contributed by atoms with van der Waals surface area (Å²) in [5.74, 6) is 0. The Labute approximate surface area is 87.3 Å². The minimum atomic E-state index is -0.116. The van der Waals surface area contributed by atoms with Crippen LogP contribution in [0.1, 0.15) is 39.2 Å². The fourth-order valence-electron chi connectivity index (χ4n) is 2.39. The molecule has 0 aliphatic heterocycles. The van der Waals surface area contributed by atoms with Crippen LogP contribution in [0.25, 0.3) is 0 Å². The summed E-state index contributed by atoms with van der Waals surface area (Å²) in [5, 5.41) is 5.22. The van der Waals surface area contributed by atoms with E-state index in [0.717, 1.165) is 12.8 Å². The summed E-state index contributed by atoms with van der Waals surface area (Å²) >= 11 is 5.09. The Morgan fingerprint density at radius 3 is 2.64 bits per heavy atom. The molecule has 0 radical (unpaired) electrons. The molecule has 0 saturated heterocycles. The second-order valence-corrected chi connectivity index (χ2v) is 5.01. The Balaban J connectivity index is 2.50. The number of hydrogen-bond donors (Lipinski definition) is 2. The van der Waals surface area contributed by atoms with Gasteiger partial charge >= 0.3 is 5.69 Å². The van der Waals surface area contributed by atoms with E-state index in [1.54, 1.807) is 4.57 Å². The van der Waals surface area contributed by atoms with Gasteiger partial charge in [0.1, 0.15) is 0 Å². The molecule has 0 amide bonds. The van der Waals surface area contributed by atoms with Crippen LogP contribution in [0.3, 0.4) is 0 Å². The molecule has 1 unspecified atom stereocenters. The van der Waals surface area contributed by atoms with Crippen LogP contribution in [-0.4, -0.2) is 14.8 Å². The second-order valence-electron chi connectivity index (χ2n) is 4.63. The third-order valence-electron chi connectivity index (χ3n) is 3.23. The molecule has 14 heavy (non-hydrogen) atoms. The Morgan fingerprint density at radius 1 is 1.50 bits per heavy atom. The van der Waals surface area contributed by atoms with Gasteiger partial charge in [0.05, 0.1) is 0 Å². The molecule has 1 atom stereocenters. The number of nitrogens with one attached hydrogen (secondary N) is 2. The highest BCUT2D eigenvalue weighted by Gasteiger charge is 2.36. The lowest BCUT2D eigenvalue weighted by atomic mass is 9.87. The lowest BCUT2D eigenvalue weighted by Gasteiger charge is -2.26. The van der Waals surface area contributed by atoms with Crippen molar-refractivity contribution >= 4 is 12.2 Å². The molecule has 0 spiro atoms. The fourth-order valence-corrected chi connectivity index (χ4v) is 2.65. The molecule has 2 rings (SSSR count). The maximum Gasteiger partial charge on any atom is 0.342 e. The fraction of sp³-hybridized carbons (Fsp3) is 0.778. The first-order valence-electron chi connectivity index (χ1n) is 4.91. The van der Waals surface area contributed by atoms with Crippen LogP contribution in [0, 0.1) is 10.2 Å². The topological polar surface area (TPSA) is 53.6 Å². The predicted octanol–water partition coefficient (Wildman–Crippen LogP) is 1.99. The summed E-state index contributed by atoms with van der Waals surface area (Å²) in [7, 11) is 0. The molecule has 1 aromatic heterocycles. The van der Waals surface area contributed by atoms with Gasteiger partial charge in [-0.05, 0) is 30.5 Å². The van der Waals surface area contributed by atoms with Gasteiger partial charge in [-0.2, -0.15) is 0 Å². The molecular weight excluding hydrogens is 198 g/mol. The number of H-pyrrole nitrogens is 2. The van der Waals surface area contributed by atoms with Crippen LogP contribution in [0.15, 0.2) is 4.79 Å². The normalized spacial score (nSPS) is 25.4. The third kappa shape index (κ3) is 1.35. The van der Waals surface area contributed by atoms with E-state index in [1.165, 1.54) is 6.42 Å². The van der Waals surface area contributed by atoms with Gasteiger partial charge in [-0.1, -0.05) is 20.3 Å². The molecule has 0 bridgehead atoms. The Kier molecular flexibility index (Phi) is 2.14. The first kappa shape index (κ1) is 9.71. The molecule has 0 aromatic carbocycles. The summed E-state index contributed by atoms with van der Waals surface area (Å²) in [4.78, 5) is 11.5. The van der Waals surface area contributed by atoms with Crippen LogP contribution in [-0.2, 0) is 0 Å². The van der Waals surface area contributed by atoms with Gasteiger partial charge in [-0.3, -0.25) is 9.67 Å². The molecule has 1 saturated carbocycles. The smallest absolute Gasteiger partial charge is 0.272 e. The van der Waals surface area contributed by atoms with Gasteiger partial charge in [-0.15, -0.1) is 0 Å². The largest absolute Gasteiger partial charge is 0.342 e. The highest BCUT2D eigenvalue weighted by Crippen LogP contribution is 2.45. The summed E-state index contributed by atoms with van der Waals surface area (Å²) < 4.78 is 2.19. The quantitative estimate of drug-likeness (QED) is 0.701. The highest BCUT2D eigenvalue weighted by atomic mass is 32.1. The highest BCUT2D eigenvalue weighted by molar-refractivity contribution is 7.71. The molecule has 78 valence electrons. The summed E-state index contributed by atoms with van der Waals surface area (Å²) in [6.45, 7) is 4.39. The van der Waals surface area contributed by atoms with Crippen LogP contribution in [0.2, 0.25) is 0 Å². The van der Waals surface area contributed by atoms with Crippen molar-refractivity contribution in [3.63, 3.8) is 0 Å². The monoisotopic (exact) mass is 213 g/mol. The van der Waals surface area contributed by atoms with Crippen molar-refractivity contribution in [2.24, 2.45) is 5.41 Å². The zero-order valence-electron chi connectivity index (χ0n) is 8.46. The van der Waals surface area contributed by atoms with Crippen LogP contribution < -0.4 is 5.69 Å². The molecule has 1 aliphatic carbocycles. The minimum absolute atomic E-state index is 0.116. The maximum absolute atomic E-state index is 11.5. The van der Waals surface area contributed by atoms with E-state index in [4.69, 9.17) is 12.2 Å². The average Bonchev–Trinajstić information content (AvgIpc) is 2.57. The number of aromatic amines is 2. The van der Waals surface area contributed by atoms with Crippen molar-refractivity contribution in [2.75, 3.05) is 0 Å². The molecule has 4 nitrogen and oxygen atoms in total. The van der Waals surface area contributed by atoms with E-state index < -0.39 is 0 Å². The van der Waals surface area contributed by atoms with E-state index in [9.17, 15) is 4.79 Å². The zero-order valence-corrected chi connectivity index (χ0v) is 9.28. The molecular formula is C9H15N3OS. The SMILES string of the molecule is CC1(C)CCCC1n1c(=O)[nH][nH]c1=S. The molecule has 1 aromatic rings. The van der Waals surface area contributed by atoms with Crippen LogP contribution in [0.5, 0.6) is 0 Å². The number of rotatable bonds is 1. The number of aromatic nitrogens is 3. The molecule has 1 fully saturated rings. The van der Waals surface area contributed by atoms with Crippen molar-refractivity contribution in [3.05, 3.63) is 15.3 Å². The Morgan fingerprint density at radius 2 is 2.21 bits per heavy atom. The predicted molar refractivity (Wildman–Crippen MR) is 56.9 cm³/mol. The van der Waals surface area contributed by atoms with E-state index >= 15 is 0 Å². The van der Waals surface area contributed by atoms with Crippen molar-refractivity contribution in [2.45, 2.75) is 39.2 Å². The first-order valence-corrected chi connectivity index (χ1v) is 5.32. The third-order valence-corrected chi connectivity index (χ3v) is 3.53. The minimum Gasteiger partial charge on any atom is -0.272 e. The number of hydrogen-bond acceptors (Lipinski definition) is 2. The first-order chi connectivity index (χ1) is 6.52. The lowest BCUT2D eigenvalue weighted by molar-refractivity contribution is 0.254. The van der Waals surface area contributed by atoms with Crippen molar-refractivity contribution in [1.82, 2.24) is 14.8 Å². The van der Waals surface area contributed by atoms with Gasteiger partial charge < -0.3 is 0 Å². The van der Waals surface area contributed by atoms with E-state index in [0.29, 0.717) is 4.77 Å². The van der Waals surface area contributed by atoms with Gasteiger partial charge in [0.25, 0.3) is 0 Å². The van der Waals surface area contributed by atoms with E-state index in [2.05, 4.69) is 24.0 Å². The molecule has 5 heteroatoms. The van der Waals surface area contributed by atoms with Gasteiger partial charge in [0, 0.05) is 6.04 Å². The summed E-state index contributed by atoms with van der Waals surface area (Å²) in [6.07, 6.45) is 3.37. The van der Waals surface area contributed by atoms with Crippen molar-refractivity contribution in [1.29, 1.82) is 0 Å². The van der Waals surface area contributed by atoms with Gasteiger partial charge in [0.15, 0.2) is 4.77 Å². The molecule has 1 heterocycles. The van der Waals surface area contributed by atoms with Crippen molar-refractivity contribution in [3.8, 4) is 0 Å². The van der Waals surface area contributed by atoms with E-state index in [-0.39, 0.29) is 17.1 Å². The van der Waals surface area contributed by atoms with Crippen LogP contribution >= 0.6 is 12.2 Å². The summed E-state index contributed by atoms with van der Waals surface area (Å²) in [6, 6.07) is 0.241. The number of nitrogens with zero attached hydrogens (tertiary/aromatic N) is 1. The Hall–Kier alpha value is -0.840. The zero-order chi connectivity index (χ0) is 10.3. The maximum atomic E-state index is 11.5. The van der Waals surface area contributed by atoms with Gasteiger partial charge in [-0.25, -0.2) is 9.89 Å². The van der Waals surface area contributed by atoms with E-state index in [1.807, 2.05) is 0 Å². The molecule has 1 aliphatic rings. The average molecular weight is 213 g/mol. The lowest BCUT2D eigenvalue weighted by Crippen LogP contribution is -2.29. The standard InChI is InChI=1S/C9H15N3OS/c1-9(2)5-3-4-6(9)12-7(13)10-11-8(12)14/h6H,3-5H2,1-2H3,(H,10,13)(H,11,14). The van der Waals surface area contributed by atoms with Gasteiger partial charge in [0.2, 0.25) is 0 Å². The Bertz CT molecular complexity index is 412. The van der Waals surface area contributed by atoms with Crippen molar-refractivity contribution < 1.29 is 0 Å². The second kappa shape index (κ2) is 3.08. The van der Waals surface area contributed by atoms with Crippen LogP contribution in [0.4, 0.5) is 0 Å². The summed E-state index contributed by atoms with van der Waals surface area (Å²) in [5.41, 5.74) is 0.0583. The molecule has 2 N–H and O–H groups in total.